The summed E-state index contributed by atoms with van der Waals surface area (Å²) in [5.41, 5.74) is 6.68. The number of hydrogen-bond donors (Lipinski definition) is 3. The average Bonchev–Trinajstić information content (AvgIpc) is 3.21. The van der Waals surface area contributed by atoms with E-state index in [2.05, 4.69) is 31.8 Å². The number of H-pyrrole nitrogens is 1. The van der Waals surface area contributed by atoms with Crippen LogP contribution in [-0.4, -0.2) is 16.8 Å². The Morgan fingerprint density at radius 3 is 2.80 bits per heavy atom. The number of aryl methyl sites for hydroxylation is 1. The molecule has 2 heterocycles. The number of carbonyl (C=O) groups excluding carboxylic acids is 2. The summed E-state index contributed by atoms with van der Waals surface area (Å²) in [6, 6.07) is 9.27. The number of halogens is 1. The second kappa shape index (κ2) is 7.40. The Morgan fingerprint density at radius 1 is 1.28 bits per heavy atom. The lowest BCUT2D eigenvalue weighted by Gasteiger charge is -2.03. The summed E-state index contributed by atoms with van der Waals surface area (Å²) in [6.45, 7) is 1.99. The van der Waals surface area contributed by atoms with Crippen LogP contribution in [-0.2, 0) is 11.2 Å². The molecule has 0 radical (unpaired) electrons. The predicted molar refractivity (Wildman–Crippen MR) is 98.7 cm³/mol. The molecule has 3 rings (SSSR count). The van der Waals surface area contributed by atoms with Gasteiger partial charge in [0.05, 0.1) is 0 Å². The number of benzene rings is 1. The largest absolute Gasteiger partial charge is 0.460 e. The number of rotatable bonds is 4. The van der Waals surface area contributed by atoms with Gasteiger partial charge in [0.1, 0.15) is 17.0 Å². The Balaban J connectivity index is 1.68. The molecule has 0 aliphatic rings. The summed E-state index contributed by atoms with van der Waals surface area (Å²) >= 11 is 3.24. The summed E-state index contributed by atoms with van der Waals surface area (Å²) in [4.78, 5) is 26.6. The van der Waals surface area contributed by atoms with Crippen LogP contribution in [0.5, 0.6) is 0 Å². The molecule has 3 aromatic rings. The third-order valence-corrected chi connectivity index (χ3v) is 4.08. The van der Waals surface area contributed by atoms with E-state index in [1.54, 1.807) is 18.3 Å². The Labute approximate surface area is 152 Å². The molecule has 25 heavy (non-hydrogen) atoms. The van der Waals surface area contributed by atoms with Crippen molar-refractivity contribution in [1.82, 2.24) is 15.8 Å². The van der Waals surface area contributed by atoms with Crippen LogP contribution in [0, 0.1) is 0 Å². The summed E-state index contributed by atoms with van der Waals surface area (Å²) in [7, 11) is 0. The topological polar surface area (TPSA) is 87.1 Å². The SMILES string of the molecule is CCc1oc2ccccc2c1/C=C/C(=O)NNC(=O)c1cc(Br)c[nH]1. The van der Waals surface area contributed by atoms with Crippen LogP contribution in [0.4, 0.5) is 0 Å². The van der Waals surface area contributed by atoms with E-state index in [0.717, 1.165) is 26.8 Å². The van der Waals surface area contributed by atoms with E-state index in [1.165, 1.54) is 6.08 Å². The maximum atomic E-state index is 12.0. The van der Waals surface area contributed by atoms with E-state index >= 15 is 0 Å². The Morgan fingerprint density at radius 2 is 2.08 bits per heavy atom. The number of nitrogens with one attached hydrogen (secondary N) is 3. The highest BCUT2D eigenvalue weighted by atomic mass is 79.9. The number of hydrogen-bond acceptors (Lipinski definition) is 3. The van der Waals surface area contributed by atoms with Crippen molar-refractivity contribution in [2.24, 2.45) is 0 Å². The highest BCUT2D eigenvalue weighted by molar-refractivity contribution is 9.10. The van der Waals surface area contributed by atoms with Crippen molar-refractivity contribution in [2.45, 2.75) is 13.3 Å². The average molecular weight is 402 g/mol. The van der Waals surface area contributed by atoms with E-state index in [9.17, 15) is 9.59 Å². The van der Waals surface area contributed by atoms with Gasteiger partial charge >= 0.3 is 0 Å². The van der Waals surface area contributed by atoms with E-state index in [4.69, 9.17) is 4.42 Å². The van der Waals surface area contributed by atoms with Crippen LogP contribution in [0.3, 0.4) is 0 Å². The number of para-hydroxylation sites is 1. The summed E-state index contributed by atoms with van der Waals surface area (Å²) in [6.07, 6.45) is 5.40. The number of aromatic amines is 1. The molecular formula is C18H16BrN3O3. The third kappa shape index (κ3) is 3.83. The zero-order valence-electron chi connectivity index (χ0n) is 13.4. The third-order valence-electron chi connectivity index (χ3n) is 3.62. The van der Waals surface area contributed by atoms with Crippen LogP contribution in [0.1, 0.15) is 28.7 Å². The second-order valence-electron chi connectivity index (χ2n) is 5.30. The zero-order chi connectivity index (χ0) is 17.8. The standard InChI is InChI=1S/C18H16BrN3O3/c1-2-15-13(12-5-3-4-6-16(12)25-15)7-8-17(23)21-22-18(24)14-9-11(19)10-20-14/h3-10,20H,2H2,1H3,(H,21,23)(H,22,24)/b8-7+. The first-order chi connectivity index (χ1) is 12.1. The van der Waals surface area contributed by atoms with Crippen LogP contribution in [0.2, 0.25) is 0 Å². The van der Waals surface area contributed by atoms with Crippen LogP contribution in [0.25, 0.3) is 17.0 Å². The second-order valence-corrected chi connectivity index (χ2v) is 6.21. The van der Waals surface area contributed by atoms with E-state index in [1.807, 2.05) is 31.2 Å². The molecule has 3 N–H and O–H groups in total. The minimum atomic E-state index is -0.439. The molecule has 0 saturated heterocycles. The minimum Gasteiger partial charge on any atom is -0.460 e. The quantitative estimate of drug-likeness (QED) is 0.461. The molecule has 2 aromatic heterocycles. The number of amides is 2. The van der Waals surface area contributed by atoms with Crippen molar-refractivity contribution in [3.05, 3.63) is 64.1 Å². The van der Waals surface area contributed by atoms with Gasteiger partial charge < -0.3 is 9.40 Å². The molecule has 0 bridgehead atoms. The fourth-order valence-electron chi connectivity index (χ4n) is 2.45. The van der Waals surface area contributed by atoms with Gasteiger partial charge in [-0.05, 0) is 34.1 Å². The van der Waals surface area contributed by atoms with Gasteiger partial charge in [-0.2, -0.15) is 0 Å². The number of fused-ring (bicyclic) bond motifs is 1. The lowest BCUT2D eigenvalue weighted by molar-refractivity contribution is -0.117. The summed E-state index contributed by atoms with van der Waals surface area (Å²) < 4.78 is 6.53. The molecule has 0 aliphatic carbocycles. The Hall–Kier alpha value is -2.80. The van der Waals surface area contributed by atoms with Crippen LogP contribution < -0.4 is 10.9 Å². The maximum absolute atomic E-state index is 12.0. The van der Waals surface area contributed by atoms with Crippen molar-refractivity contribution in [3.8, 4) is 0 Å². The summed E-state index contributed by atoms with van der Waals surface area (Å²) in [5.74, 6) is -0.0627. The van der Waals surface area contributed by atoms with Crippen LogP contribution >= 0.6 is 15.9 Å². The van der Waals surface area contributed by atoms with Gasteiger partial charge in [-0.25, -0.2) is 0 Å². The zero-order valence-corrected chi connectivity index (χ0v) is 15.0. The van der Waals surface area contributed by atoms with Crippen molar-refractivity contribution >= 4 is 44.8 Å². The van der Waals surface area contributed by atoms with Gasteiger partial charge in [0, 0.05) is 34.1 Å². The molecule has 0 atom stereocenters. The number of aromatic nitrogens is 1. The summed E-state index contributed by atoms with van der Waals surface area (Å²) in [5, 5.41) is 0.948. The fraction of sp³-hybridized carbons (Fsp3) is 0.111. The molecule has 6 nitrogen and oxygen atoms in total. The van der Waals surface area contributed by atoms with E-state index in [0.29, 0.717) is 12.1 Å². The molecule has 1 aromatic carbocycles. The van der Waals surface area contributed by atoms with Crippen molar-refractivity contribution < 1.29 is 14.0 Å². The first-order valence-electron chi connectivity index (χ1n) is 7.71. The number of carbonyl (C=O) groups is 2. The number of hydrazine groups is 1. The lowest BCUT2D eigenvalue weighted by Crippen LogP contribution is -2.40. The molecule has 128 valence electrons. The van der Waals surface area contributed by atoms with Gasteiger partial charge in [0.2, 0.25) is 0 Å². The molecular weight excluding hydrogens is 386 g/mol. The first-order valence-corrected chi connectivity index (χ1v) is 8.50. The van der Waals surface area contributed by atoms with Gasteiger partial charge in [-0.1, -0.05) is 25.1 Å². The van der Waals surface area contributed by atoms with Gasteiger partial charge in [0.25, 0.3) is 11.8 Å². The molecule has 0 fully saturated rings. The Kier molecular flexibility index (Phi) is 5.04. The van der Waals surface area contributed by atoms with Crippen LogP contribution in [0.15, 0.2) is 51.5 Å². The van der Waals surface area contributed by atoms with Gasteiger partial charge in [-0.3, -0.25) is 20.4 Å². The van der Waals surface area contributed by atoms with Gasteiger partial charge in [0.15, 0.2) is 0 Å². The van der Waals surface area contributed by atoms with Crippen molar-refractivity contribution in [3.63, 3.8) is 0 Å². The lowest BCUT2D eigenvalue weighted by atomic mass is 10.1. The molecule has 0 aliphatic heterocycles. The van der Waals surface area contributed by atoms with Gasteiger partial charge in [-0.15, -0.1) is 0 Å². The first kappa shape index (κ1) is 17.0. The molecule has 0 unspecified atom stereocenters. The fourth-order valence-corrected chi connectivity index (χ4v) is 2.79. The Bertz CT molecular complexity index is 956. The molecule has 7 heteroatoms. The highest BCUT2D eigenvalue weighted by Gasteiger charge is 2.11. The van der Waals surface area contributed by atoms with E-state index < -0.39 is 11.8 Å². The smallest absolute Gasteiger partial charge is 0.286 e. The normalized spacial score (nSPS) is 11.1. The van der Waals surface area contributed by atoms with E-state index in [-0.39, 0.29) is 0 Å². The monoisotopic (exact) mass is 401 g/mol. The van der Waals surface area contributed by atoms with Crippen molar-refractivity contribution in [1.29, 1.82) is 0 Å². The maximum Gasteiger partial charge on any atom is 0.286 e. The molecule has 0 saturated carbocycles. The minimum absolute atomic E-state index is 0.338. The van der Waals surface area contributed by atoms with Crippen molar-refractivity contribution in [2.75, 3.05) is 0 Å². The highest BCUT2D eigenvalue weighted by Crippen LogP contribution is 2.27. The molecule has 0 spiro atoms. The molecule has 2 amide bonds. The number of furan rings is 1. The predicted octanol–water partition coefficient (Wildman–Crippen LogP) is 3.56.